The summed E-state index contributed by atoms with van der Waals surface area (Å²) >= 11 is 0. The van der Waals surface area contributed by atoms with Gasteiger partial charge < -0.3 is 21.1 Å². The van der Waals surface area contributed by atoms with E-state index in [-0.39, 0.29) is 18.1 Å². The van der Waals surface area contributed by atoms with Crippen LogP contribution in [0.1, 0.15) is 45.4 Å². The molecule has 4 N–H and O–H groups in total. The first-order valence-corrected chi connectivity index (χ1v) is 7.61. The average Bonchev–Trinajstić information content (AvgIpc) is 2.80. The highest BCUT2D eigenvalue weighted by Gasteiger charge is 2.35. The summed E-state index contributed by atoms with van der Waals surface area (Å²) in [5.74, 6) is 0.651. The number of nitrogens with one attached hydrogen (secondary N) is 1. The highest BCUT2D eigenvalue weighted by molar-refractivity contribution is 5.77. The van der Waals surface area contributed by atoms with Crippen molar-refractivity contribution in [1.29, 1.82) is 0 Å². The predicted molar refractivity (Wildman–Crippen MR) is 74.7 cm³/mol. The highest BCUT2D eigenvalue weighted by atomic mass is 16.3. The van der Waals surface area contributed by atoms with E-state index in [0.717, 1.165) is 6.42 Å². The van der Waals surface area contributed by atoms with Gasteiger partial charge in [-0.05, 0) is 19.3 Å². The molecule has 19 heavy (non-hydrogen) atoms. The zero-order chi connectivity index (χ0) is 13.8. The van der Waals surface area contributed by atoms with Crippen molar-refractivity contribution < 1.29 is 9.90 Å². The fraction of sp³-hybridized carbons (Fsp3) is 0.929. The number of likely N-dealkylation sites (N-methyl/N-ethyl adjacent to an activating group) is 1. The Kier molecular flexibility index (Phi) is 5.05. The first-order valence-electron chi connectivity index (χ1n) is 7.61. The zero-order valence-corrected chi connectivity index (χ0v) is 11.8. The molecule has 5 heteroatoms. The van der Waals surface area contributed by atoms with Gasteiger partial charge in [-0.2, -0.15) is 0 Å². The van der Waals surface area contributed by atoms with Crippen LogP contribution in [-0.4, -0.2) is 47.3 Å². The second-order valence-electron chi connectivity index (χ2n) is 5.99. The Morgan fingerprint density at radius 3 is 2.68 bits per heavy atom. The third-order valence-corrected chi connectivity index (χ3v) is 4.58. The van der Waals surface area contributed by atoms with E-state index in [1.807, 2.05) is 6.92 Å². The molecule has 1 saturated heterocycles. The Bertz CT molecular complexity index is 305. The number of hydrogen-bond acceptors (Lipinski definition) is 3. The normalized spacial score (nSPS) is 28.3. The summed E-state index contributed by atoms with van der Waals surface area (Å²) in [6, 6.07) is -0.535. The fourth-order valence-electron chi connectivity index (χ4n) is 3.33. The first kappa shape index (κ1) is 14.6. The molecule has 0 aromatic heterocycles. The molecule has 1 aliphatic heterocycles. The maximum absolute atomic E-state index is 11.6. The van der Waals surface area contributed by atoms with Crippen LogP contribution in [0.15, 0.2) is 0 Å². The van der Waals surface area contributed by atoms with Gasteiger partial charge >= 0.3 is 6.03 Å². The zero-order valence-electron chi connectivity index (χ0n) is 11.8. The number of urea groups is 1. The summed E-state index contributed by atoms with van der Waals surface area (Å²) in [6.45, 7) is 3.18. The molecule has 0 bridgehead atoms. The third-order valence-electron chi connectivity index (χ3n) is 4.58. The highest BCUT2D eigenvalue weighted by Crippen LogP contribution is 2.28. The smallest absolute Gasteiger partial charge is 0.317 e. The minimum absolute atomic E-state index is 0.0867. The molecule has 5 nitrogen and oxygen atoms in total. The average molecular weight is 269 g/mol. The van der Waals surface area contributed by atoms with E-state index in [0.29, 0.717) is 19.0 Å². The second-order valence-corrected chi connectivity index (χ2v) is 5.99. The van der Waals surface area contributed by atoms with Crippen LogP contribution in [0.2, 0.25) is 0 Å². The monoisotopic (exact) mass is 269 g/mol. The predicted octanol–water partition coefficient (Wildman–Crippen LogP) is 1.06. The van der Waals surface area contributed by atoms with E-state index in [1.54, 1.807) is 4.90 Å². The van der Waals surface area contributed by atoms with E-state index in [4.69, 9.17) is 5.73 Å². The quantitative estimate of drug-likeness (QED) is 0.698. The third kappa shape index (κ3) is 3.60. The minimum atomic E-state index is -0.637. The molecular weight excluding hydrogens is 242 g/mol. The lowest BCUT2D eigenvalue weighted by Crippen LogP contribution is -2.49. The molecular formula is C14H27N3O2. The van der Waals surface area contributed by atoms with Crippen LogP contribution in [0, 0.1) is 5.92 Å². The number of aliphatic hydroxyl groups excluding tert-OH is 1. The summed E-state index contributed by atoms with van der Waals surface area (Å²) in [6.07, 6.45) is 6.62. The minimum Gasteiger partial charge on any atom is -0.389 e. The van der Waals surface area contributed by atoms with Crippen LogP contribution in [0.4, 0.5) is 4.79 Å². The molecule has 1 heterocycles. The van der Waals surface area contributed by atoms with Crippen molar-refractivity contribution in [2.45, 2.75) is 63.6 Å². The largest absolute Gasteiger partial charge is 0.389 e. The van der Waals surface area contributed by atoms with Gasteiger partial charge in [0.2, 0.25) is 0 Å². The maximum Gasteiger partial charge on any atom is 0.317 e. The lowest BCUT2D eigenvalue weighted by Gasteiger charge is -2.29. The van der Waals surface area contributed by atoms with Crippen LogP contribution >= 0.6 is 0 Å². The van der Waals surface area contributed by atoms with Crippen LogP contribution in [-0.2, 0) is 0 Å². The summed E-state index contributed by atoms with van der Waals surface area (Å²) < 4.78 is 0. The van der Waals surface area contributed by atoms with Gasteiger partial charge in [0.25, 0.3) is 0 Å². The molecule has 0 aromatic rings. The number of nitrogens with two attached hydrogens (primary N) is 1. The summed E-state index contributed by atoms with van der Waals surface area (Å²) in [5.41, 5.74) is 6.14. The number of aliphatic hydroxyl groups is 1. The van der Waals surface area contributed by atoms with Gasteiger partial charge in [-0.1, -0.05) is 32.1 Å². The van der Waals surface area contributed by atoms with Crippen molar-refractivity contribution in [3.05, 3.63) is 0 Å². The van der Waals surface area contributed by atoms with Gasteiger partial charge in [0, 0.05) is 19.1 Å². The van der Waals surface area contributed by atoms with Crippen molar-refractivity contribution in [3.63, 3.8) is 0 Å². The molecule has 2 rings (SSSR count). The molecule has 1 aliphatic carbocycles. The van der Waals surface area contributed by atoms with E-state index >= 15 is 0 Å². The molecule has 2 unspecified atom stereocenters. The summed E-state index contributed by atoms with van der Waals surface area (Å²) in [7, 11) is 0. The molecule has 0 spiro atoms. The Labute approximate surface area is 115 Å². The van der Waals surface area contributed by atoms with Crippen molar-refractivity contribution >= 4 is 6.03 Å². The molecule has 2 aliphatic rings. The van der Waals surface area contributed by atoms with Crippen molar-refractivity contribution in [2.24, 2.45) is 11.7 Å². The van der Waals surface area contributed by atoms with Crippen LogP contribution in [0.5, 0.6) is 0 Å². The number of hydrogen-bond donors (Lipinski definition) is 3. The lowest BCUT2D eigenvalue weighted by molar-refractivity contribution is 0.0956. The van der Waals surface area contributed by atoms with Crippen LogP contribution in [0.25, 0.3) is 0 Å². The Morgan fingerprint density at radius 2 is 2.11 bits per heavy atom. The molecule has 1 saturated carbocycles. The molecule has 3 atom stereocenters. The Balaban J connectivity index is 1.81. The molecule has 2 amide bonds. The van der Waals surface area contributed by atoms with Gasteiger partial charge in [0.1, 0.15) is 0 Å². The van der Waals surface area contributed by atoms with E-state index in [2.05, 4.69) is 5.32 Å². The van der Waals surface area contributed by atoms with E-state index in [1.165, 1.54) is 32.1 Å². The summed E-state index contributed by atoms with van der Waals surface area (Å²) in [5, 5.41) is 13.1. The lowest BCUT2D eigenvalue weighted by atomic mass is 9.83. The van der Waals surface area contributed by atoms with E-state index < -0.39 is 6.10 Å². The second kappa shape index (κ2) is 6.57. The van der Waals surface area contributed by atoms with Crippen molar-refractivity contribution in [2.75, 3.05) is 13.1 Å². The number of carbonyl (C=O) groups is 1. The number of carbonyl (C=O) groups excluding carboxylic acids is 1. The molecule has 110 valence electrons. The summed E-state index contributed by atoms with van der Waals surface area (Å²) in [4.78, 5) is 13.3. The standard InChI is InChI=1S/C14H27N3O2/c1-2-17-9-12(16-14(17)19)13(18)11(15)8-10-6-4-3-5-7-10/h10-13,18H,2-9,15H2,1H3,(H,16,19)/t11?,12-,13?/m0/s1. The first-order chi connectivity index (χ1) is 9.11. The Hall–Kier alpha value is -0.810. The van der Waals surface area contributed by atoms with E-state index in [9.17, 15) is 9.90 Å². The molecule has 0 radical (unpaired) electrons. The van der Waals surface area contributed by atoms with Crippen LogP contribution in [0.3, 0.4) is 0 Å². The van der Waals surface area contributed by atoms with Gasteiger partial charge in [0.05, 0.1) is 12.1 Å². The van der Waals surface area contributed by atoms with Gasteiger partial charge in [0.15, 0.2) is 0 Å². The fourth-order valence-corrected chi connectivity index (χ4v) is 3.33. The maximum atomic E-state index is 11.6. The van der Waals surface area contributed by atoms with Gasteiger partial charge in [-0.15, -0.1) is 0 Å². The van der Waals surface area contributed by atoms with Crippen molar-refractivity contribution in [1.82, 2.24) is 10.2 Å². The number of rotatable bonds is 5. The molecule has 2 fully saturated rings. The Morgan fingerprint density at radius 1 is 1.42 bits per heavy atom. The van der Waals surface area contributed by atoms with Gasteiger partial charge in [-0.25, -0.2) is 4.79 Å². The number of nitrogens with zero attached hydrogens (tertiary/aromatic N) is 1. The van der Waals surface area contributed by atoms with Crippen molar-refractivity contribution in [3.8, 4) is 0 Å². The SMILES string of the molecule is CCN1C[C@@H](C(O)C(N)CC2CCCCC2)NC1=O. The topological polar surface area (TPSA) is 78.6 Å². The van der Waals surface area contributed by atoms with Crippen LogP contribution < -0.4 is 11.1 Å². The molecule has 0 aromatic carbocycles. The van der Waals surface area contributed by atoms with Gasteiger partial charge in [-0.3, -0.25) is 0 Å². The number of amides is 2.